The Balaban J connectivity index is 1.68. The molecule has 0 unspecified atom stereocenters. The van der Waals surface area contributed by atoms with Crippen LogP contribution in [-0.4, -0.2) is 4.57 Å². The predicted octanol–water partition coefficient (Wildman–Crippen LogP) is 7.89. The lowest BCUT2D eigenvalue weighted by Crippen LogP contribution is -2.33. The Bertz CT molecular complexity index is 1870. The first-order valence-electron chi connectivity index (χ1n) is 12.1. The second kappa shape index (κ2) is 7.54. The van der Waals surface area contributed by atoms with Crippen molar-refractivity contribution in [2.24, 2.45) is 7.05 Å². The fourth-order valence-corrected chi connectivity index (χ4v) is 5.74. The van der Waals surface area contributed by atoms with Gasteiger partial charge in [0.1, 0.15) is 7.05 Å². The largest absolute Gasteiger partial charge is 0.308 e. The van der Waals surface area contributed by atoms with Gasteiger partial charge in [-0.3, -0.25) is 0 Å². The van der Waals surface area contributed by atoms with Crippen LogP contribution in [0.25, 0.3) is 60.4 Å². The van der Waals surface area contributed by atoms with E-state index >= 15 is 0 Å². The molecule has 0 aliphatic rings. The number of para-hydroxylation sites is 3. The lowest BCUT2D eigenvalue weighted by Gasteiger charge is -2.15. The second-order valence-electron chi connectivity index (χ2n) is 9.34. The van der Waals surface area contributed by atoms with E-state index in [9.17, 15) is 0 Å². The van der Waals surface area contributed by atoms with E-state index in [0.717, 1.165) is 0 Å². The maximum Gasteiger partial charge on any atom is 0.215 e. The minimum Gasteiger partial charge on any atom is -0.308 e. The van der Waals surface area contributed by atoms with Gasteiger partial charge >= 0.3 is 0 Å². The van der Waals surface area contributed by atoms with Gasteiger partial charge in [-0.25, -0.2) is 0 Å². The summed E-state index contributed by atoms with van der Waals surface area (Å²) in [7, 11) is 2.19. The lowest BCUT2D eigenvalue weighted by atomic mass is 9.95. The molecule has 2 nitrogen and oxygen atoms in total. The zero-order chi connectivity index (χ0) is 23.5. The average molecular weight is 450 g/mol. The number of hydrogen-bond donors (Lipinski definition) is 0. The monoisotopic (exact) mass is 449 g/mol. The van der Waals surface area contributed by atoms with E-state index in [2.05, 4.69) is 138 Å². The van der Waals surface area contributed by atoms with Gasteiger partial charge in [-0.05, 0) is 41.5 Å². The van der Waals surface area contributed by atoms with E-state index in [0.29, 0.717) is 0 Å². The van der Waals surface area contributed by atoms with E-state index in [1.807, 2.05) is 0 Å². The molecule has 5 aromatic carbocycles. The van der Waals surface area contributed by atoms with Crippen molar-refractivity contribution < 1.29 is 4.57 Å². The van der Waals surface area contributed by atoms with Gasteiger partial charge in [-0.2, -0.15) is 4.57 Å². The van der Waals surface area contributed by atoms with Gasteiger partial charge in [-0.1, -0.05) is 84.9 Å². The number of pyridine rings is 1. The van der Waals surface area contributed by atoms with Crippen LogP contribution >= 0.6 is 0 Å². The zero-order valence-electron chi connectivity index (χ0n) is 19.9. The molecule has 7 rings (SSSR count). The van der Waals surface area contributed by atoms with E-state index in [4.69, 9.17) is 0 Å². The van der Waals surface area contributed by atoms with Gasteiger partial charge in [0, 0.05) is 22.9 Å². The first-order chi connectivity index (χ1) is 17.2. The van der Waals surface area contributed by atoms with Gasteiger partial charge in [0.15, 0.2) is 0 Å². The van der Waals surface area contributed by atoms with Crippen molar-refractivity contribution >= 4 is 43.5 Å². The van der Waals surface area contributed by atoms with Gasteiger partial charge in [0.05, 0.1) is 27.7 Å². The van der Waals surface area contributed by atoms with Crippen molar-refractivity contribution in [3.8, 4) is 16.9 Å². The molecule has 0 spiro atoms. The number of fused-ring (bicyclic) bond motifs is 5. The highest BCUT2D eigenvalue weighted by atomic mass is 15.0. The van der Waals surface area contributed by atoms with Gasteiger partial charge in [0.2, 0.25) is 11.2 Å². The normalized spacial score (nSPS) is 11.7. The summed E-state index contributed by atoms with van der Waals surface area (Å²) in [5.41, 5.74) is 8.67. The molecule has 2 aromatic heterocycles. The summed E-state index contributed by atoms with van der Waals surface area (Å²) < 4.78 is 4.79. The van der Waals surface area contributed by atoms with Crippen molar-refractivity contribution in [1.82, 2.24) is 4.57 Å². The first-order valence-corrected chi connectivity index (χ1v) is 12.1. The lowest BCUT2D eigenvalue weighted by molar-refractivity contribution is -0.633. The molecular weight excluding hydrogens is 424 g/mol. The Hall–Kier alpha value is -4.43. The second-order valence-corrected chi connectivity index (χ2v) is 9.34. The molecule has 0 aliphatic carbocycles. The van der Waals surface area contributed by atoms with Crippen molar-refractivity contribution in [1.29, 1.82) is 0 Å². The fraction of sp³-hybridized carbons (Fsp3) is 0.0606. The molecule has 0 aliphatic heterocycles. The average Bonchev–Trinajstić information content (AvgIpc) is 3.24. The quantitative estimate of drug-likeness (QED) is 0.237. The summed E-state index contributed by atoms with van der Waals surface area (Å²) in [6.45, 7) is 2.22. The van der Waals surface area contributed by atoms with Crippen LogP contribution in [0.1, 0.15) is 5.56 Å². The maximum atomic E-state index is 2.44. The number of aryl methyl sites for hydroxylation is 2. The minimum absolute atomic E-state index is 1.21. The number of benzene rings is 5. The maximum absolute atomic E-state index is 2.44. The molecule has 166 valence electrons. The number of nitrogens with zero attached hydrogens (tertiary/aromatic N) is 2. The van der Waals surface area contributed by atoms with Crippen LogP contribution in [0.4, 0.5) is 0 Å². The molecule has 0 saturated heterocycles. The molecule has 35 heavy (non-hydrogen) atoms. The Morgan fingerprint density at radius 3 is 1.86 bits per heavy atom. The molecule has 0 fully saturated rings. The Morgan fingerprint density at radius 2 is 1.14 bits per heavy atom. The molecule has 2 heterocycles. The van der Waals surface area contributed by atoms with Crippen molar-refractivity contribution in [3.63, 3.8) is 0 Å². The van der Waals surface area contributed by atoms with Gasteiger partial charge in [-0.15, -0.1) is 0 Å². The first kappa shape index (κ1) is 20.0. The van der Waals surface area contributed by atoms with Crippen molar-refractivity contribution in [3.05, 3.63) is 121 Å². The van der Waals surface area contributed by atoms with E-state index in [1.165, 1.54) is 66.0 Å². The van der Waals surface area contributed by atoms with Crippen molar-refractivity contribution in [2.75, 3.05) is 0 Å². The van der Waals surface area contributed by atoms with Crippen LogP contribution in [-0.2, 0) is 7.05 Å². The molecule has 0 radical (unpaired) electrons. The molecule has 0 bridgehead atoms. The highest BCUT2D eigenvalue weighted by Crippen LogP contribution is 2.37. The highest BCUT2D eigenvalue weighted by molar-refractivity contribution is 6.10. The summed E-state index contributed by atoms with van der Waals surface area (Å²) in [6, 6.07) is 41.8. The van der Waals surface area contributed by atoms with E-state index < -0.39 is 0 Å². The molecular formula is C33H25N2+. The smallest absolute Gasteiger partial charge is 0.215 e. The summed E-state index contributed by atoms with van der Waals surface area (Å²) in [5, 5.41) is 6.35. The van der Waals surface area contributed by atoms with Gasteiger partial charge < -0.3 is 4.57 Å². The number of aromatic nitrogens is 2. The Labute approximate surface area is 204 Å². The minimum atomic E-state index is 1.21. The SMILES string of the molecule is Cc1ccc2ccccc2c1-c1cc(-n2c3ccccc3c3ccccc32)c2ccccc2[n+]1C. The van der Waals surface area contributed by atoms with E-state index in [-0.39, 0.29) is 0 Å². The summed E-state index contributed by atoms with van der Waals surface area (Å²) in [4.78, 5) is 0. The molecule has 0 N–H and O–H groups in total. The third kappa shape index (κ3) is 2.87. The van der Waals surface area contributed by atoms with Gasteiger partial charge in [0.25, 0.3) is 0 Å². The Morgan fingerprint density at radius 1 is 0.571 bits per heavy atom. The predicted molar refractivity (Wildman–Crippen MR) is 147 cm³/mol. The third-order valence-electron chi connectivity index (χ3n) is 7.39. The Kier molecular flexibility index (Phi) is 4.31. The number of hydrogen-bond acceptors (Lipinski definition) is 0. The van der Waals surface area contributed by atoms with Crippen LogP contribution in [0.15, 0.2) is 115 Å². The van der Waals surface area contributed by atoms with Crippen LogP contribution in [0, 0.1) is 6.92 Å². The third-order valence-corrected chi connectivity index (χ3v) is 7.39. The molecule has 0 saturated carbocycles. The molecule has 2 heteroatoms. The molecule has 0 atom stereocenters. The fourth-order valence-electron chi connectivity index (χ4n) is 5.74. The topological polar surface area (TPSA) is 8.81 Å². The van der Waals surface area contributed by atoms with Crippen LogP contribution in [0.2, 0.25) is 0 Å². The highest BCUT2D eigenvalue weighted by Gasteiger charge is 2.23. The van der Waals surface area contributed by atoms with Crippen LogP contribution < -0.4 is 4.57 Å². The summed E-state index contributed by atoms with van der Waals surface area (Å²) in [6.07, 6.45) is 0. The van der Waals surface area contributed by atoms with E-state index in [1.54, 1.807) is 0 Å². The van der Waals surface area contributed by atoms with Crippen LogP contribution in [0.5, 0.6) is 0 Å². The zero-order valence-corrected chi connectivity index (χ0v) is 19.9. The standard InChI is InChI=1S/C33H25N2/c1-22-19-20-23-11-3-4-12-24(23)33(22)32-21-31(27-15-7-8-16-28(27)34(32)2)35-29-17-9-5-13-25(29)26-14-6-10-18-30(26)35/h3-21H,1-2H3/q+1. The molecule has 7 aromatic rings. The molecule has 0 amide bonds. The summed E-state index contributed by atoms with van der Waals surface area (Å²) >= 11 is 0. The number of rotatable bonds is 2. The van der Waals surface area contributed by atoms with Crippen molar-refractivity contribution in [2.45, 2.75) is 6.92 Å². The summed E-state index contributed by atoms with van der Waals surface area (Å²) in [5.74, 6) is 0. The van der Waals surface area contributed by atoms with Crippen LogP contribution in [0.3, 0.4) is 0 Å².